The van der Waals surface area contributed by atoms with Crippen LogP contribution >= 0.6 is 0 Å². The molecule has 0 aromatic heterocycles. The average molecular weight is 330 g/mol. The lowest BCUT2D eigenvalue weighted by Gasteiger charge is -2.22. The highest BCUT2D eigenvalue weighted by atomic mass is 16.3. The summed E-state index contributed by atoms with van der Waals surface area (Å²) in [6, 6.07) is 3.83. The molecule has 0 fully saturated rings. The van der Waals surface area contributed by atoms with Gasteiger partial charge in [-0.15, -0.1) is 0 Å². The van der Waals surface area contributed by atoms with E-state index in [9.17, 15) is 14.7 Å². The number of Topliss-reactive ketones (excluding diaryl/α,β-unsaturated/α-hetero) is 2. The van der Waals surface area contributed by atoms with Gasteiger partial charge in [-0.3, -0.25) is 9.59 Å². The Morgan fingerprint density at radius 3 is 2.33 bits per heavy atom. The van der Waals surface area contributed by atoms with Crippen molar-refractivity contribution in [3.63, 3.8) is 0 Å². The van der Waals surface area contributed by atoms with Crippen molar-refractivity contribution in [3.8, 4) is 0 Å². The number of carbonyl (C=O) groups is 2. The molecule has 1 aromatic rings. The SMILES string of the molecule is Cc1ccc2c(c1CCC(O)C(C)CO)C(=O)C(=O)C(C(C)C)=C2. The summed E-state index contributed by atoms with van der Waals surface area (Å²) in [7, 11) is 0. The fourth-order valence-corrected chi connectivity index (χ4v) is 3.09. The molecule has 1 aliphatic rings. The van der Waals surface area contributed by atoms with Crippen LogP contribution in [0.3, 0.4) is 0 Å². The van der Waals surface area contributed by atoms with Crippen molar-refractivity contribution >= 4 is 17.6 Å². The third-order valence-electron chi connectivity index (χ3n) is 4.84. The first-order chi connectivity index (χ1) is 11.3. The Morgan fingerprint density at radius 2 is 1.75 bits per heavy atom. The molecule has 0 spiro atoms. The molecule has 2 atom stereocenters. The normalized spacial score (nSPS) is 16.9. The molecule has 0 heterocycles. The molecule has 0 bridgehead atoms. The van der Waals surface area contributed by atoms with Gasteiger partial charge in [0.2, 0.25) is 11.6 Å². The molecule has 0 amide bonds. The Labute approximate surface area is 143 Å². The van der Waals surface area contributed by atoms with Crippen LogP contribution in [0.5, 0.6) is 0 Å². The molecule has 4 nitrogen and oxygen atoms in total. The molecule has 2 N–H and O–H groups in total. The summed E-state index contributed by atoms with van der Waals surface area (Å²) in [5.74, 6) is -1.07. The second-order valence-corrected chi connectivity index (χ2v) is 7.00. The van der Waals surface area contributed by atoms with Crippen LogP contribution in [0.4, 0.5) is 0 Å². The van der Waals surface area contributed by atoms with E-state index >= 15 is 0 Å². The molecule has 0 aliphatic heterocycles. The van der Waals surface area contributed by atoms with Gasteiger partial charge in [0.1, 0.15) is 0 Å². The third kappa shape index (κ3) is 3.50. The Bertz CT molecular complexity index is 685. The van der Waals surface area contributed by atoms with Crippen LogP contribution in [-0.4, -0.2) is 34.5 Å². The van der Waals surface area contributed by atoms with Gasteiger partial charge < -0.3 is 10.2 Å². The summed E-state index contributed by atoms with van der Waals surface area (Å²) in [5, 5.41) is 19.2. The summed E-state index contributed by atoms with van der Waals surface area (Å²) in [6.45, 7) is 7.43. The van der Waals surface area contributed by atoms with Gasteiger partial charge in [0, 0.05) is 23.7 Å². The van der Waals surface area contributed by atoms with Crippen LogP contribution in [0, 0.1) is 18.8 Å². The first-order valence-electron chi connectivity index (χ1n) is 8.49. The Balaban J connectivity index is 2.40. The van der Waals surface area contributed by atoms with Crippen molar-refractivity contribution < 1.29 is 19.8 Å². The summed E-state index contributed by atoms with van der Waals surface area (Å²) < 4.78 is 0. The van der Waals surface area contributed by atoms with Crippen LogP contribution in [0.1, 0.15) is 54.2 Å². The topological polar surface area (TPSA) is 74.6 Å². The fraction of sp³-hybridized carbons (Fsp3) is 0.500. The zero-order chi connectivity index (χ0) is 18.0. The second-order valence-electron chi connectivity index (χ2n) is 7.00. The van der Waals surface area contributed by atoms with Crippen LogP contribution in [0.2, 0.25) is 0 Å². The van der Waals surface area contributed by atoms with Gasteiger partial charge in [0.25, 0.3) is 0 Å². The van der Waals surface area contributed by atoms with E-state index in [0.717, 1.165) is 16.7 Å². The number of allylic oxidation sites excluding steroid dienone is 1. The van der Waals surface area contributed by atoms with E-state index in [1.165, 1.54) is 0 Å². The number of benzene rings is 1. The molecule has 0 saturated carbocycles. The predicted octanol–water partition coefficient (Wildman–Crippen LogP) is 2.72. The number of ketones is 2. The van der Waals surface area contributed by atoms with Crippen molar-refractivity contribution in [3.05, 3.63) is 40.0 Å². The molecule has 1 aromatic carbocycles. The zero-order valence-electron chi connectivity index (χ0n) is 14.8. The minimum Gasteiger partial charge on any atom is -0.396 e. The molecule has 1 aliphatic carbocycles. The Kier molecular flexibility index (Phi) is 5.73. The number of aliphatic hydroxyl groups excluding tert-OH is 2. The first-order valence-corrected chi connectivity index (χ1v) is 8.49. The van der Waals surface area contributed by atoms with Crippen molar-refractivity contribution in [2.24, 2.45) is 11.8 Å². The number of hydrogen-bond donors (Lipinski definition) is 2. The van der Waals surface area contributed by atoms with E-state index < -0.39 is 17.7 Å². The van der Waals surface area contributed by atoms with Crippen molar-refractivity contribution in [2.75, 3.05) is 6.61 Å². The van der Waals surface area contributed by atoms with E-state index in [-0.39, 0.29) is 18.4 Å². The van der Waals surface area contributed by atoms with E-state index in [4.69, 9.17) is 5.11 Å². The Morgan fingerprint density at radius 1 is 1.08 bits per heavy atom. The fourth-order valence-electron chi connectivity index (χ4n) is 3.09. The second kappa shape index (κ2) is 7.41. The molecular weight excluding hydrogens is 304 g/mol. The summed E-state index contributed by atoms with van der Waals surface area (Å²) >= 11 is 0. The zero-order valence-corrected chi connectivity index (χ0v) is 14.8. The minimum absolute atomic E-state index is 0.00609. The lowest BCUT2D eigenvalue weighted by Crippen LogP contribution is -2.26. The number of aliphatic hydroxyl groups is 2. The molecule has 2 rings (SSSR count). The number of rotatable bonds is 6. The summed E-state index contributed by atoms with van der Waals surface area (Å²) in [5.41, 5.74) is 3.59. The largest absolute Gasteiger partial charge is 0.396 e. The quantitative estimate of drug-likeness (QED) is 0.787. The highest BCUT2D eigenvalue weighted by molar-refractivity contribution is 6.52. The molecule has 2 unspecified atom stereocenters. The average Bonchev–Trinajstić information content (AvgIpc) is 2.55. The number of carbonyl (C=O) groups excluding carboxylic acids is 2. The first kappa shape index (κ1) is 18.6. The van der Waals surface area contributed by atoms with Gasteiger partial charge in [0.15, 0.2) is 0 Å². The highest BCUT2D eigenvalue weighted by Crippen LogP contribution is 2.31. The predicted molar refractivity (Wildman–Crippen MR) is 93.9 cm³/mol. The maximum absolute atomic E-state index is 12.6. The van der Waals surface area contributed by atoms with Crippen molar-refractivity contribution in [1.29, 1.82) is 0 Å². The van der Waals surface area contributed by atoms with Crippen LogP contribution in [0.25, 0.3) is 6.08 Å². The van der Waals surface area contributed by atoms with Crippen LogP contribution in [-0.2, 0) is 11.2 Å². The van der Waals surface area contributed by atoms with Crippen molar-refractivity contribution in [2.45, 2.75) is 46.6 Å². The third-order valence-corrected chi connectivity index (χ3v) is 4.84. The van der Waals surface area contributed by atoms with Gasteiger partial charge in [-0.2, -0.15) is 0 Å². The van der Waals surface area contributed by atoms with Crippen LogP contribution < -0.4 is 0 Å². The number of aryl methyl sites for hydroxylation is 1. The van der Waals surface area contributed by atoms with Gasteiger partial charge >= 0.3 is 0 Å². The van der Waals surface area contributed by atoms with Gasteiger partial charge in [-0.05, 0) is 48.4 Å². The lowest BCUT2D eigenvalue weighted by atomic mass is 9.80. The molecule has 24 heavy (non-hydrogen) atoms. The van der Waals surface area contributed by atoms with E-state index in [0.29, 0.717) is 24.0 Å². The molecule has 4 heteroatoms. The summed E-state index contributed by atoms with van der Waals surface area (Å²) in [6.07, 6.45) is 2.13. The Hall–Kier alpha value is -1.78. The van der Waals surface area contributed by atoms with Gasteiger partial charge in [-0.1, -0.05) is 32.9 Å². The monoisotopic (exact) mass is 330 g/mol. The van der Waals surface area contributed by atoms with E-state index in [2.05, 4.69) is 0 Å². The molecule has 130 valence electrons. The number of fused-ring (bicyclic) bond motifs is 1. The smallest absolute Gasteiger partial charge is 0.234 e. The van der Waals surface area contributed by atoms with Gasteiger partial charge in [0.05, 0.1) is 6.10 Å². The van der Waals surface area contributed by atoms with Crippen molar-refractivity contribution in [1.82, 2.24) is 0 Å². The molecule has 0 radical (unpaired) electrons. The van der Waals surface area contributed by atoms with E-state index in [1.807, 2.05) is 39.0 Å². The lowest BCUT2D eigenvalue weighted by molar-refractivity contribution is -0.112. The standard InChI is InChI=1S/C20H26O4/c1-11(2)16-9-14-6-5-12(3)15(18(14)20(24)19(16)23)7-8-17(22)13(4)10-21/h5-6,9,11,13,17,21-22H,7-8,10H2,1-4H3. The maximum atomic E-state index is 12.6. The highest BCUT2D eigenvalue weighted by Gasteiger charge is 2.31. The van der Waals surface area contributed by atoms with Gasteiger partial charge in [-0.25, -0.2) is 0 Å². The van der Waals surface area contributed by atoms with Crippen LogP contribution in [0.15, 0.2) is 17.7 Å². The number of hydrogen-bond acceptors (Lipinski definition) is 4. The minimum atomic E-state index is -0.638. The molecule has 0 saturated heterocycles. The molecular formula is C20H26O4. The summed E-state index contributed by atoms with van der Waals surface area (Å²) in [4.78, 5) is 25.0. The maximum Gasteiger partial charge on any atom is 0.234 e. The van der Waals surface area contributed by atoms with E-state index in [1.54, 1.807) is 6.92 Å².